The van der Waals surface area contributed by atoms with Gasteiger partial charge in [0.25, 0.3) is 0 Å². The largest absolute Gasteiger partial charge is 0.444 e. The van der Waals surface area contributed by atoms with Crippen molar-refractivity contribution in [3.63, 3.8) is 0 Å². The van der Waals surface area contributed by atoms with Crippen molar-refractivity contribution in [1.82, 2.24) is 15.2 Å². The van der Waals surface area contributed by atoms with Crippen LogP contribution in [0.3, 0.4) is 0 Å². The fourth-order valence-corrected chi connectivity index (χ4v) is 2.77. The van der Waals surface area contributed by atoms with E-state index in [2.05, 4.69) is 10.3 Å². The van der Waals surface area contributed by atoms with Gasteiger partial charge in [0.05, 0.1) is 0 Å². The number of alkyl carbamates (subject to hydrolysis) is 1. The second kappa shape index (κ2) is 7.83. The molecule has 132 valence electrons. The van der Waals surface area contributed by atoms with Crippen LogP contribution < -0.4 is 5.32 Å². The van der Waals surface area contributed by atoms with E-state index in [4.69, 9.17) is 16.3 Å². The second-order valence-electron chi connectivity index (χ2n) is 6.90. The molecule has 2 amide bonds. The first-order chi connectivity index (χ1) is 11.3. The smallest absolute Gasteiger partial charge is 0.408 e. The SMILES string of the molecule is CC(C)(C)OC(=O)N[C@@H](Cc1cnccc1Cl)C(=O)N1CCCC1. The third kappa shape index (κ3) is 5.37. The van der Waals surface area contributed by atoms with Crippen LogP contribution in [0, 0.1) is 0 Å². The molecule has 0 saturated carbocycles. The maximum absolute atomic E-state index is 12.8. The number of ether oxygens (including phenoxy) is 1. The van der Waals surface area contributed by atoms with Gasteiger partial charge in [-0.25, -0.2) is 4.79 Å². The number of pyridine rings is 1. The highest BCUT2D eigenvalue weighted by Gasteiger charge is 2.30. The van der Waals surface area contributed by atoms with E-state index in [9.17, 15) is 9.59 Å². The summed E-state index contributed by atoms with van der Waals surface area (Å²) >= 11 is 6.17. The molecule has 0 radical (unpaired) electrons. The molecule has 1 aliphatic rings. The number of nitrogens with zero attached hydrogens (tertiary/aromatic N) is 2. The maximum atomic E-state index is 12.8. The van der Waals surface area contributed by atoms with Gasteiger partial charge in [-0.15, -0.1) is 0 Å². The van der Waals surface area contributed by atoms with E-state index in [0.717, 1.165) is 12.8 Å². The van der Waals surface area contributed by atoms with Gasteiger partial charge in [0, 0.05) is 36.9 Å². The molecule has 0 spiro atoms. The molecule has 1 aromatic rings. The number of amides is 2. The minimum atomic E-state index is -0.723. The van der Waals surface area contributed by atoms with Crippen molar-refractivity contribution < 1.29 is 14.3 Å². The third-order valence-corrected chi connectivity index (χ3v) is 4.04. The summed E-state index contributed by atoms with van der Waals surface area (Å²) in [5, 5.41) is 3.21. The van der Waals surface area contributed by atoms with E-state index in [1.165, 1.54) is 0 Å². The topological polar surface area (TPSA) is 71.5 Å². The average Bonchev–Trinajstić information content (AvgIpc) is 3.00. The van der Waals surface area contributed by atoms with Gasteiger partial charge in [0.1, 0.15) is 11.6 Å². The number of nitrogens with one attached hydrogen (secondary N) is 1. The van der Waals surface area contributed by atoms with Crippen LogP contribution in [-0.4, -0.2) is 46.6 Å². The first kappa shape index (κ1) is 18.5. The molecule has 2 heterocycles. The van der Waals surface area contributed by atoms with Gasteiger partial charge >= 0.3 is 6.09 Å². The highest BCUT2D eigenvalue weighted by Crippen LogP contribution is 2.18. The average molecular weight is 354 g/mol. The highest BCUT2D eigenvalue weighted by atomic mass is 35.5. The van der Waals surface area contributed by atoms with Crippen molar-refractivity contribution in [1.29, 1.82) is 0 Å². The lowest BCUT2D eigenvalue weighted by molar-refractivity contribution is -0.132. The molecule has 7 heteroatoms. The molecule has 6 nitrogen and oxygen atoms in total. The summed E-state index contributed by atoms with van der Waals surface area (Å²) in [5.41, 5.74) is 0.0878. The van der Waals surface area contributed by atoms with E-state index >= 15 is 0 Å². The van der Waals surface area contributed by atoms with Crippen molar-refractivity contribution >= 4 is 23.6 Å². The fraction of sp³-hybridized carbons (Fsp3) is 0.588. The number of likely N-dealkylation sites (tertiary alicyclic amines) is 1. The normalized spacial score (nSPS) is 15.9. The molecule has 1 aliphatic heterocycles. The van der Waals surface area contributed by atoms with Crippen LogP contribution in [0.2, 0.25) is 5.02 Å². The minimum Gasteiger partial charge on any atom is -0.444 e. The molecule has 0 unspecified atom stereocenters. The van der Waals surface area contributed by atoms with E-state index in [0.29, 0.717) is 23.7 Å². The standard InChI is InChI=1S/C17H24ClN3O3/c1-17(2,3)24-16(23)20-14(15(22)21-8-4-5-9-21)10-12-11-19-7-6-13(12)18/h6-7,11,14H,4-5,8-10H2,1-3H3,(H,20,23)/t14-/m0/s1. The lowest BCUT2D eigenvalue weighted by atomic mass is 10.1. The zero-order valence-electron chi connectivity index (χ0n) is 14.3. The van der Waals surface area contributed by atoms with Crippen LogP contribution in [0.25, 0.3) is 0 Å². The molecular formula is C17H24ClN3O3. The molecule has 24 heavy (non-hydrogen) atoms. The third-order valence-electron chi connectivity index (χ3n) is 3.67. The van der Waals surface area contributed by atoms with Crippen LogP contribution in [0.5, 0.6) is 0 Å². The number of carbonyl (C=O) groups excluding carboxylic acids is 2. The van der Waals surface area contributed by atoms with Crippen molar-refractivity contribution in [2.75, 3.05) is 13.1 Å². The molecule has 0 aliphatic carbocycles. The van der Waals surface area contributed by atoms with Gasteiger partial charge in [-0.05, 0) is 45.2 Å². The fourth-order valence-electron chi connectivity index (χ4n) is 2.59. The second-order valence-corrected chi connectivity index (χ2v) is 7.31. The number of hydrogen-bond acceptors (Lipinski definition) is 4. The summed E-state index contributed by atoms with van der Waals surface area (Å²) in [4.78, 5) is 30.7. The summed E-state index contributed by atoms with van der Waals surface area (Å²) in [5.74, 6) is -0.113. The van der Waals surface area contributed by atoms with Crippen molar-refractivity contribution in [3.05, 3.63) is 29.0 Å². The minimum absolute atomic E-state index is 0.113. The van der Waals surface area contributed by atoms with Crippen molar-refractivity contribution in [2.24, 2.45) is 0 Å². The van der Waals surface area contributed by atoms with Gasteiger partial charge in [-0.2, -0.15) is 0 Å². The molecule has 0 aromatic carbocycles. The summed E-state index contributed by atoms with van der Waals surface area (Å²) in [6, 6.07) is 0.946. The monoisotopic (exact) mass is 353 g/mol. The highest BCUT2D eigenvalue weighted by molar-refractivity contribution is 6.31. The molecular weight excluding hydrogens is 330 g/mol. The Morgan fingerprint density at radius 3 is 2.62 bits per heavy atom. The van der Waals surface area contributed by atoms with Crippen LogP contribution in [-0.2, 0) is 16.0 Å². The maximum Gasteiger partial charge on any atom is 0.408 e. The Labute approximate surface area is 147 Å². The van der Waals surface area contributed by atoms with Crippen LogP contribution in [0.15, 0.2) is 18.5 Å². The van der Waals surface area contributed by atoms with Crippen molar-refractivity contribution in [2.45, 2.75) is 51.7 Å². The summed E-state index contributed by atoms with van der Waals surface area (Å²) in [6.07, 6.45) is 4.84. The van der Waals surface area contributed by atoms with Crippen LogP contribution >= 0.6 is 11.6 Å². The lowest BCUT2D eigenvalue weighted by Crippen LogP contribution is -2.50. The number of carbonyl (C=O) groups is 2. The Kier molecular flexibility index (Phi) is 6.04. The molecule has 1 aromatic heterocycles. The van der Waals surface area contributed by atoms with E-state index < -0.39 is 17.7 Å². The Morgan fingerprint density at radius 1 is 1.38 bits per heavy atom. The van der Waals surface area contributed by atoms with Gasteiger partial charge < -0.3 is 15.0 Å². The summed E-state index contributed by atoms with van der Waals surface area (Å²) < 4.78 is 5.28. The number of halogens is 1. The first-order valence-electron chi connectivity index (χ1n) is 8.13. The van der Waals surface area contributed by atoms with Crippen molar-refractivity contribution in [3.8, 4) is 0 Å². The van der Waals surface area contributed by atoms with Gasteiger partial charge in [-0.1, -0.05) is 11.6 Å². The molecule has 0 bridgehead atoms. The zero-order valence-corrected chi connectivity index (χ0v) is 15.1. The van der Waals surface area contributed by atoms with E-state index in [1.807, 2.05) is 0 Å². The number of rotatable bonds is 4. The van der Waals surface area contributed by atoms with Gasteiger partial charge in [0.15, 0.2) is 0 Å². The molecule has 1 fully saturated rings. The predicted molar refractivity (Wildman–Crippen MR) is 91.9 cm³/mol. The Morgan fingerprint density at radius 2 is 2.04 bits per heavy atom. The predicted octanol–water partition coefficient (Wildman–Crippen LogP) is 2.79. The molecule has 1 N–H and O–H groups in total. The molecule has 2 rings (SSSR count). The number of aromatic nitrogens is 1. The van der Waals surface area contributed by atoms with Crippen LogP contribution in [0.1, 0.15) is 39.2 Å². The Bertz CT molecular complexity index is 595. The quantitative estimate of drug-likeness (QED) is 0.903. The molecule has 1 atom stereocenters. The van der Waals surface area contributed by atoms with Gasteiger partial charge in [0.2, 0.25) is 5.91 Å². The van der Waals surface area contributed by atoms with Gasteiger partial charge in [-0.3, -0.25) is 9.78 Å². The number of hydrogen-bond donors (Lipinski definition) is 1. The zero-order chi connectivity index (χ0) is 17.7. The molecule has 1 saturated heterocycles. The van der Waals surface area contributed by atoms with E-state index in [1.54, 1.807) is 44.1 Å². The van der Waals surface area contributed by atoms with Crippen LogP contribution in [0.4, 0.5) is 4.79 Å². The Balaban J connectivity index is 2.13. The van der Waals surface area contributed by atoms with E-state index in [-0.39, 0.29) is 12.3 Å². The summed E-state index contributed by atoms with van der Waals surface area (Å²) in [6.45, 7) is 6.77. The first-order valence-corrected chi connectivity index (χ1v) is 8.51. The lowest BCUT2D eigenvalue weighted by Gasteiger charge is -2.26. The summed E-state index contributed by atoms with van der Waals surface area (Å²) in [7, 11) is 0. The Hall–Kier alpha value is -1.82.